The normalized spacial score (nSPS) is 13.8. The van der Waals surface area contributed by atoms with Gasteiger partial charge in [-0.25, -0.2) is 4.79 Å². The molecule has 6 N–H and O–H groups in total. The van der Waals surface area contributed by atoms with Crippen LogP contribution < -0.4 is 21.7 Å². The molecule has 9 nitrogen and oxygen atoms in total. The Labute approximate surface area is 175 Å². The minimum Gasteiger partial charge on any atom is -0.480 e. The number of nitrogens with two attached hydrogens (primary N) is 1. The first-order chi connectivity index (χ1) is 13.6. The van der Waals surface area contributed by atoms with Gasteiger partial charge in [-0.3, -0.25) is 14.4 Å². The molecule has 10 heteroatoms. The van der Waals surface area contributed by atoms with E-state index in [1.165, 1.54) is 0 Å². The van der Waals surface area contributed by atoms with Crippen molar-refractivity contribution in [3.05, 3.63) is 35.9 Å². The lowest BCUT2D eigenvalue weighted by Gasteiger charge is -2.21. The molecule has 0 radical (unpaired) electrons. The third-order valence-electron chi connectivity index (χ3n) is 4.18. The zero-order valence-corrected chi connectivity index (χ0v) is 17.3. The van der Waals surface area contributed by atoms with E-state index in [0.29, 0.717) is 0 Å². The summed E-state index contributed by atoms with van der Waals surface area (Å²) in [6.07, 6.45) is 0.109. The van der Waals surface area contributed by atoms with Gasteiger partial charge in [0.2, 0.25) is 17.7 Å². The topological polar surface area (TPSA) is 151 Å². The summed E-state index contributed by atoms with van der Waals surface area (Å²) in [5, 5.41) is 16.5. The minimum atomic E-state index is -1.18. The van der Waals surface area contributed by atoms with Gasteiger partial charge in [0.1, 0.15) is 12.1 Å². The molecule has 3 amide bonds. The van der Waals surface area contributed by atoms with Crippen LogP contribution in [0.4, 0.5) is 0 Å². The van der Waals surface area contributed by atoms with E-state index in [1.54, 1.807) is 44.2 Å². The highest BCUT2D eigenvalue weighted by Crippen LogP contribution is 2.03. The molecular formula is C19H28N4O5S. The molecule has 0 spiro atoms. The van der Waals surface area contributed by atoms with Crippen LogP contribution in [-0.4, -0.2) is 59.2 Å². The monoisotopic (exact) mass is 424 g/mol. The number of carbonyl (C=O) groups is 4. The van der Waals surface area contributed by atoms with Gasteiger partial charge in [-0.15, -0.1) is 0 Å². The van der Waals surface area contributed by atoms with Crippen molar-refractivity contribution in [2.75, 3.05) is 12.3 Å². The Balaban J connectivity index is 2.56. The number of carboxylic acid groups (broad SMARTS) is 1. The van der Waals surface area contributed by atoms with Crippen LogP contribution in [0, 0.1) is 5.92 Å². The Hall–Kier alpha value is -2.59. The number of hydrogen-bond donors (Lipinski definition) is 6. The SMILES string of the molecule is CC(C)C(N)C(=O)NC(CS)C(=O)NCC(=O)NC(Cc1ccccc1)C(=O)O. The minimum absolute atomic E-state index is 0.00969. The molecule has 0 saturated heterocycles. The number of benzene rings is 1. The molecule has 0 aliphatic rings. The van der Waals surface area contributed by atoms with Crippen molar-refractivity contribution >= 4 is 36.3 Å². The second kappa shape index (κ2) is 12.1. The molecule has 0 fully saturated rings. The Morgan fingerprint density at radius 2 is 1.66 bits per heavy atom. The molecule has 0 saturated carbocycles. The molecule has 0 aliphatic carbocycles. The van der Waals surface area contributed by atoms with E-state index in [9.17, 15) is 24.3 Å². The summed E-state index contributed by atoms with van der Waals surface area (Å²) < 4.78 is 0. The Bertz CT molecular complexity index is 714. The van der Waals surface area contributed by atoms with Crippen LogP contribution >= 0.6 is 12.6 Å². The van der Waals surface area contributed by atoms with E-state index in [-0.39, 0.29) is 18.1 Å². The maximum absolute atomic E-state index is 12.2. The van der Waals surface area contributed by atoms with Crippen molar-refractivity contribution < 1.29 is 24.3 Å². The van der Waals surface area contributed by atoms with Gasteiger partial charge in [0.05, 0.1) is 12.6 Å². The molecule has 1 aromatic rings. The molecule has 1 aromatic carbocycles. The molecule has 3 unspecified atom stereocenters. The van der Waals surface area contributed by atoms with Crippen LogP contribution in [-0.2, 0) is 25.6 Å². The summed E-state index contributed by atoms with van der Waals surface area (Å²) in [6.45, 7) is 3.12. The smallest absolute Gasteiger partial charge is 0.326 e. The lowest BCUT2D eigenvalue weighted by Crippen LogP contribution is -2.55. The standard InChI is InChI=1S/C19H28N4O5S/c1-11(2)16(20)18(26)23-14(10-29)17(25)21-9-15(24)22-13(19(27)28)8-12-6-4-3-5-7-12/h3-7,11,13-14,16,29H,8-10,20H2,1-2H3,(H,21,25)(H,22,24)(H,23,26)(H,27,28). The van der Waals surface area contributed by atoms with Crippen molar-refractivity contribution in [3.8, 4) is 0 Å². The summed E-state index contributed by atoms with van der Waals surface area (Å²) in [5.41, 5.74) is 6.50. The number of thiol groups is 1. The number of amides is 3. The highest BCUT2D eigenvalue weighted by Gasteiger charge is 2.25. The Morgan fingerprint density at radius 1 is 1.03 bits per heavy atom. The van der Waals surface area contributed by atoms with Gasteiger partial charge < -0.3 is 26.8 Å². The fourth-order valence-electron chi connectivity index (χ4n) is 2.35. The largest absolute Gasteiger partial charge is 0.480 e. The number of nitrogens with one attached hydrogen (secondary N) is 3. The van der Waals surface area contributed by atoms with Gasteiger partial charge in [-0.2, -0.15) is 12.6 Å². The quantitative estimate of drug-likeness (QED) is 0.259. The third kappa shape index (κ3) is 8.53. The van der Waals surface area contributed by atoms with E-state index in [1.807, 2.05) is 0 Å². The lowest BCUT2D eigenvalue weighted by molar-refractivity contribution is -0.141. The second-order valence-electron chi connectivity index (χ2n) is 6.88. The summed E-state index contributed by atoms with van der Waals surface area (Å²) in [7, 11) is 0. The zero-order chi connectivity index (χ0) is 22.0. The van der Waals surface area contributed by atoms with Crippen molar-refractivity contribution in [2.24, 2.45) is 11.7 Å². The molecule has 0 heterocycles. The summed E-state index contributed by atoms with van der Waals surface area (Å²) in [4.78, 5) is 47.7. The lowest BCUT2D eigenvalue weighted by atomic mass is 10.0. The maximum Gasteiger partial charge on any atom is 0.326 e. The molecule has 1 rings (SSSR count). The fourth-order valence-corrected chi connectivity index (χ4v) is 2.61. The van der Waals surface area contributed by atoms with Gasteiger partial charge in [-0.05, 0) is 11.5 Å². The molecule has 160 valence electrons. The van der Waals surface area contributed by atoms with Crippen molar-refractivity contribution in [1.29, 1.82) is 0 Å². The van der Waals surface area contributed by atoms with Gasteiger partial charge in [0.15, 0.2) is 0 Å². The average molecular weight is 425 g/mol. The van der Waals surface area contributed by atoms with E-state index in [0.717, 1.165) is 5.56 Å². The van der Waals surface area contributed by atoms with Gasteiger partial charge in [-0.1, -0.05) is 44.2 Å². The predicted molar refractivity (Wildman–Crippen MR) is 111 cm³/mol. The van der Waals surface area contributed by atoms with Crippen LogP contribution in [0.25, 0.3) is 0 Å². The van der Waals surface area contributed by atoms with E-state index in [4.69, 9.17) is 5.73 Å². The Kier molecular flexibility index (Phi) is 10.2. The van der Waals surface area contributed by atoms with Crippen molar-refractivity contribution in [2.45, 2.75) is 38.4 Å². The first kappa shape index (κ1) is 24.4. The second-order valence-corrected chi connectivity index (χ2v) is 7.24. The number of hydrogen-bond acceptors (Lipinski definition) is 6. The van der Waals surface area contributed by atoms with E-state index in [2.05, 4.69) is 28.6 Å². The zero-order valence-electron chi connectivity index (χ0n) is 16.4. The molecule has 0 aromatic heterocycles. The van der Waals surface area contributed by atoms with E-state index >= 15 is 0 Å². The summed E-state index contributed by atoms with van der Waals surface area (Å²) in [5.74, 6) is -3.05. The first-order valence-corrected chi connectivity index (χ1v) is 9.79. The first-order valence-electron chi connectivity index (χ1n) is 9.16. The summed E-state index contributed by atoms with van der Waals surface area (Å²) >= 11 is 4.04. The highest BCUT2D eigenvalue weighted by atomic mass is 32.1. The van der Waals surface area contributed by atoms with Crippen molar-refractivity contribution in [1.82, 2.24) is 16.0 Å². The fraction of sp³-hybridized carbons (Fsp3) is 0.474. The Morgan fingerprint density at radius 3 is 2.17 bits per heavy atom. The molecule has 0 aliphatic heterocycles. The number of carboxylic acids is 1. The number of carbonyl (C=O) groups excluding carboxylic acids is 3. The molecule has 0 bridgehead atoms. The van der Waals surface area contributed by atoms with Crippen molar-refractivity contribution in [3.63, 3.8) is 0 Å². The van der Waals surface area contributed by atoms with Crippen LogP contribution in [0.5, 0.6) is 0 Å². The van der Waals surface area contributed by atoms with E-state index < -0.39 is 48.4 Å². The van der Waals surface area contributed by atoms with Crippen LogP contribution in [0.3, 0.4) is 0 Å². The van der Waals surface area contributed by atoms with Crippen LogP contribution in [0.1, 0.15) is 19.4 Å². The number of aliphatic carboxylic acids is 1. The van der Waals surface area contributed by atoms with Crippen LogP contribution in [0.2, 0.25) is 0 Å². The summed E-state index contributed by atoms with van der Waals surface area (Å²) in [6, 6.07) is 5.98. The third-order valence-corrected chi connectivity index (χ3v) is 4.54. The van der Waals surface area contributed by atoms with Crippen LogP contribution in [0.15, 0.2) is 30.3 Å². The van der Waals surface area contributed by atoms with Gasteiger partial charge in [0.25, 0.3) is 0 Å². The predicted octanol–water partition coefficient (Wildman–Crippen LogP) is -0.687. The molecular weight excluding hydrogens is 396 g/mol. The molecule has 29 heavy (non-hydrogen) atoms. The van der Waals surface area contributed by atoms with Gasteiger partial charge >= 0.3 is 5.97 Å². The number of rotatable bonds is 11. The van der Waals surface area contributed by atoms with Gasteiger partial charge in [0, 0.05) is 12.2 Å². The average Bonchev–Trinajstić information content (AvgIpc) is 2.69. The maximum atomic E-state index is 12.2. The molecule has 3 atom stereocenters. The highest BCUT2D eigenvalue weighted by molar-refractivity contribution is 7.80.